The average molecular weight is 509 g/mol. The molecule has 1 aliphatic rings. The maximum absolute atomic E-state index is 12.2. The number of hydrogen-bond acceptors (Lipinski definition) is 8. The molecule has 1 N–H and O–H groups in total. The van der Waals surface area contributed by atoms with E-state index >= 15 is 0 Å². The third kappa shape index (κ3) is 6.41. The first kappa shape index (κ1) is 25.1. The number of aryl methyl sites for hydroxylation is 1. The molecule has 0 bridgehead atoms. The Labute approximate surface area is 213 Å². The molecule has 1 aliphatic heterocycles. The van der Waals surface area contributed by atoms with Gasteiger partial charge < -0.3 is 10.1 Å². The van der Waals surface area contributed by atoms with Crippen LogP contribution in [0, 0.1) is 0 Å². The molecule has 0 unspecified atom stereocenters. The molecule has 0 atom stereocenters. The van der Waals surface area contributed by atoms with E-state index in [2.05, 4.69) is 44.3 Å². The number of halogens is 2. The Bertz CT molecular complexity index is 1340. The molecule has 4 aromatic heterocycles. The van der Waals surface area contributed by atoms with Crippen molar-refractivity contribution in [3.63, 3.8) is 0 Å². The Balaban J connectivity index is 1.18. The topological polar surface area (TPSA) is 93.9 Å². The molecule has 5 heterocycles. The van der Waals surface area contributed by atoms with E-state index in [1.54, 1.807) is 6.20 Å². The standard InChI is InChI=1S/C26H30F2N8O/c1-17(2)18-9-26(34-30-11-18)33-25-5-4-22-23(32-25)8-19(10-29-22)20-12-31-36(13-20)7-3-6-35-14-21(15-35)37-16-24(27)28/h4-5,8-13,17,21,24H,3,6-7,14-16H2,1-2H3,(H,32,33,34). The molecule has 0 saturated carbocycles. The summed E-state index contributed by atoms with van der Waals surface area (Å²) in [4.78, 5) is 11.5. The van der Waals surface area contributed by atoms with Crippen LogP contribution in [0.25, 0.3) is 22.2 Å². The summed E-state index contributed by atoms with van der Waals surface area (Å²) in [6.45, 7) is 6.81. The largest absolute Gasteiger partial charge is 0.370 e. The van der Waals surface area contributed by atoms with E-state index in [1.165, 1.54) is 0 Å². The van der Waals surface area contributed by atoms with Gasteiger partial charge in [-0.25, -0.2) is 13.8 Å². The monoisotopic (exact) mass is 508 g/mol. The first-order chi connectivity index (χ1) is 17.9. The Morgan fingerprint density at radius 3 is 2.70 bits per heavy atom. The number of nitrogens with one attached hydrogen (secondary N) is 1. The molecule has 5 rings (SSSR count). The van der Waals surface area contributed by atoms with Crippen LogP contribution in [-0.4, -0.2) is 73.6 Å². The SMILES string of the molecule is CC(C)c1cnnc(Nc2ccc3ncc(-c4cnn(CCCN5CC(OCC(F)F)C5)c4)cc3n2)c1. The van der Waals surface area contributed by atoms with Crippen molar-refractivity contribution >= 4 is 22.7 Å². The molecule has 194 valence electrons. The molecule has 9 nitrogen and oxygen atoms in total. The van der Waals surface area contributed by atoms with E-state index in [4.69, 9.17) is 9.72 Å². The van der Waals surface area contributed by atoms with Crippen molar-refractivity contribution < 1.29 is 13.5 Å². The fourth-order valence-corrected chi connectivity index (χ4v) is 4.23. The summed E-state index contributed by atoms with van der Waals surface area (Å²) in [5.41, 5.74) is 4.58. The zero-order valence-corrected chi connectivity index (χ0v) is 20.9. The first-order valence-corrected chi connectivity index (χ1v) is 12.4. The third-order valence-corrected chi connectivity index (χ3v) is 6.35. The van der Waals surface area contributed by atoms with Crippen LogP contribution in [0.2, 0.25) is 0 Å². The van der Waals surface area contributed by atoms with Gasteiger partial charge in [0, 0.05) is 49.7 Å². The summed E-state index contributed by atoms with van der Waals surface area (Å²) in [7, 11) is 0. The van der Waals surface area contributed by atoms with Crippen molar-refractivity contribution in [1.29, 1.82) is 0 Å². The minimum absolute atomic E-state index is 0.0758. The second-order valence-electron chi connectivity index (χ2n) is 9.56. The summed E-state index contributed by atoms with van der Waals surface area (Å²) in [6.07, 6.45) is 5.87. The highest BCUT2D eigenvalue weighted by atomic mass is 19.3. The number of pyridine rings is 2. The number of likely N-dealkylation sites (tertiary alicyclic amines) is 1. The zero-order valence-electron chi connectivity index (χ0n) is 20.9. The van der Waals surface area contributed by atoms with Crippen molar-refractivity contribution in [3.05, 3.63) is 54.6 Å². The fourth-order valence-electron chi connectivity index (χ4n) is 4.23. The second-order valence-corrected chi connectivity index (χ2v) is 9.56. The minimum Gasteiger partial charge on any atom is -0.370 e. The van der Waals surface area contributed by atoms with Crippen LogP contribution in [0.15, 0.2) is 49.1 Å². The number of alkyl halides is 2. The number of hydrogen-bond donors (Lipinski definition) is 1. The van der Waals surface area contributed by atoms with Gasteiger partial charge in [-0.2, -0.15) is 10.2 Å². The molecule has 0 spiro atoms. The zero-order chi connectivity index (χ0) is 25.8. The Morgan fingerprint density at radius 1 is 1.03 bits per heavy atom. The van der Waals surface area contributed by atoms with Crippen LogP contribution in [-0.2, 0) is 11.3 Å². The van der Waals surface area contributed by atoms with Crippen LogP contribution in [0.4, 0.5) is 20.4 Å². The molecule has 37 heavy (non-hydrogen) atoms. The van der Waals surface area contributed by atoms with E-state index in [0.717, 1.165) is 47.2 Å². The highest BCUT2D eigenvalue weighted by molar-refractivity contribution is 5.81. The summed E-state index contributed by atoms with van der Waals surface area (Å²) in [5.74, 6) is 1.68. The van der Waals surface area contributed by atoms with Gasteiger partial charge in [-0.1, -0.05) is 13.8 Å². The van der Waals surface area contributed by atoms with E-state index in [1.807, 2.05) is 47.5 Å². The van der Waals surface area contributed by atoms with E-state index in [0.29, 0.717) is 30.6 Å². The quantitative estimate of drug-likeness (QED) is 0.316. The lowest BCUT2D eigenvalue weighted by Gasteiger charge is -2.38. The van der Waals surface area contributed by atoms with Gasteiger partial charge in [0.2, 0.25) is 0 Å². The van der Waals surface area contributed by atoms with Gasteiger partial charge in [-0.15, -0.1) is 5.10 Å². The predicted molar refractivity (Wildman–Crippen MR) is 137 cm³/mol. The average Bonchev–Trinajstić information content (AvgIpc) is 3.33. The molecule has 0 amide bonds. The van der Waals surface area contributed by atoms with Crippen LogP contribution >= 0.6 is 0 Å². The second kappa shape index (κ2) is 11.2. The highest BCUT2D eigenvalue weighted by Gasteiger charge is 2.27. The van der Waals surface area contributed by atoms with Gasteiger partial charge >= 0.3 is 0 Å². The van der Waals surface area contributed by atoms with Gasteiger partial charge in [0.15, 0.2) is 5.82 Å². The summed E-state index contributed by atoms with van der Waals surface area (Å²) in [6, 6.07) is 7.79. The van der Waals surface area contributed by atoms with Crippen molar-refractivity contribution in [1.82, 2.24) is 34.8 Å². The van der Waals surface area contributed by atoms with Gasteiger partial charge in [0.25, 0.3) is 6.43 Å². The maximum Gasteiger partial charge on any atom is 0.261 e. The number of nitrogens with zero attached hydrogens (tertiary/aromatic N) is 7. The molecule has 11 heteroatoms. The minimum atomic E-state index is -2.41. The lowest BCUT2D eigenvalue weighted by Crippen LogP contribution is -2.52. The number of ether oxygens (including phenoxy) is 1. The molecule has 0 aliphatic carbocycles. The Hall–Kier alpha value is -3.57. The van der Waals surface area contributed by atoms with Gasteiger partial charge in [-0.05, 0) is 42.2 Å². The molecule has 1 fully saturated rings. The predicted octanol–water partition coefficient (Wildman–Crippen LogP) is 4.51. The maximum atomic E-state index is 12.2. The normalized spacial score (nSPS) is 14.5. The van der Waals surface area contributed by atoms with E-state index in [9.17, 15) is 8.78 Å². The van der Waals surface area contributed by atoms with Gasteiger partial charge in [-0.3, -0.25) is 14.6 Å². The highest BCUT2D eigenvalue weighted by Crippen LogP contribution is 2.24. The lowest BCUT2D eigenvalue weighted by molar-refractivity contribution is -0.0882. The smallest absolute Gasteiger partial charge is 0.261 e. The number of anilines is 2. The summed E-state index contributed by atoms with van der Waals surface area (Å²) in [5, 5.41) is 16.0. The lowest BCUT2D eigenvalue weighted by atomic mass is 10.1. The van der Waals surface area contributed by atoms with Crippen LogP contribution in [0.1, 0.15) is 31.7 Å². The summed E-state index contributed by atoms with van der Waals surface area (Å²) >= 11 is 0. The molecule has 0 aromatic carbocycles. The van der Waals surface area contributed by atoms with Gasteiger partial charge in [0.05, 0.1) is 29.5 Å². The fraction of sp³-hybridized carbons (Fsp3) is 0.423. The Kier molecular flexibility index (Phi) is 7.61. The molecule has 4 aromatic rings. The third-order valence-electron chi connectivity index (χ3n) is 6.35. The van der Waals surface area contributed by atoms with Crippen LogP contribution in [0.3, 0.4) is 0 Å². The van der Waals surface area contributed by atoms with Crippen molar-refractivity contribution in [2.75, 3.05) is 31.6 Å². The molecular formula is C26H30F2N8O. The molecule has 1 saturated heterocycles. The Morgan fingerprint density at radius 2 is 1.89 bits per heavy atom. The number of rotatable bonds is 11. The van der Waals surface area contributed by atoms with Crippen molar-refractivity contribution in [2.45, 2.75) is 45.3 Å². The molecule has 0 radical (unpaired) electrons. The van der Waals surface area contributed by atoms with Gasteiger partial charge in [0.1, 0.15) is 12.4 Å². The first-order valence-electron chi connectivity index (χ1n) is 12.4. The van der Waals surface area contributed by atoms with E-state index < -0.39 is 13.0 Å². The van der Waals surface area contributed by atoms with Crippen molar-refractivity contribution in [3.8, 4) is 11.1 Å². The summed E-state index contributed by atoms with van der Waals surface area (Å²) < 4.78 is 31.5. The van der Waals surface area contributed by atoms with Crippen LogP contribution in [0.5, 0.6) is 0 Å². The van der Waals surface area contributed by atoms with Crippen molar-refractivity contribution in [2.24, 2.45) is 0 Å². The van der Waals surface area contributed by atoms with E-state index in [-0.39, 0.29) is 6.10 Å². The number of aromatic nitrogens is 6. The van der Waals surface area contributed by atoms with Crippen LogP contribution < -0.4 is 5.32 Å². The number of fused-ring (bicyclic) bond motifs is 1. The molecular weight excluding hydrogens is 478 g/mol.